The first kappa shape index (κ1) is 19.6. The van der Waals surface area contributed by atoms with Gasteiger partial charge in [-0.05, 0) is 33.4 Å². The van der Waals surface area contributed by atoms with Crippen LogP contribution in [-0.2, 0) is 9.53 Å². The average Bonchev–Trinajstić information content (AvgIpc) is 2.87. The van der Waals surface area contributed by atoms with Crippen LogP contribution in [0.25, 0.3) is 0 Å². The van der Waals surface area contributed by atoms with Gasteiger partial charge in [-0.25, -0.2) is 0 Å². The van der Waals surface area contributed by atoms with E-state index in [1.54, 1.807) is 7.11 Å². The van der Waals surface area contributed by atoms with E-state index >= 15 is 0 Å². The van der Waals surface area contributed by atoms with Gasteiger partial charge in [-0.3, -0.25) is 4.79 Å². The van der Waals surface area contributed by atoms with Crippen LogP contribution in [0, 0.1) is 5.41 Å². The first-order valence-electron chi connectivity index (χ1n) is 7.24. The molecule has 0 aromatic carbocycles. The zero-order valence-corrected chi connectivity index (χ0v) is 14.0. The molecular formula is C14H30ClN3O2. The molecule has 6 heteroatoms. The van der Waals surface area contributed by atoms with Gasteiger partial charge in [-0.2, -0.15) is 0 Å². The number of nitrogens with zero attached hydrogens (tertiary/aromatic N) is 1. The molecular weight excluding hydrogens is 278 g/mol. The van der Waals surface area contributed by atoms with Gasteiger partial charge in [0.15, 0.2) is 0 Å². The van der Waals surface area contributed by atoms with E-state index < -0.39 is 0 Å². The molecule has 120 valence electrons. The minimum Gasteiger partial charge on any atom is -0.384 e. The van der Waals surface area contributed by atoms with Gasteiger partial charge in [0.05, 0.1) is 12.0 Å². The molecule has 20 heavy (non-hydrogen) atoms. The van der Waals surface area contributed by atoms with Crippen LogP contribution in [0.5, 0.6) is 0 Å². The maximum Gasteiger partial charge on any atom is 0.229 e. The molecule has 0 aliphatic carbocycles. The summed E-state index contributed by atoms with van der Waals surface area (Å²) < 4.78 is 5.22. The zero-order valence-electron chi connectivity index (χ0n) is 13.2. The number of nitrogens with one attached hydrogen (secondary N) is 2. The number of carbonyl (C=O) groups excluding carboxylic acids is 1. The number of carbonyl (C=O) groups is 1. The summed E-state index contributed by atoms with van der Waals surface area (Å²) >= 11 is 0. The SMILES string of the molecule is CCC(C)N(C)CCNC(=O)C1(COC)CCNC1.Cl. The number of ether oxygens (including phenoxy) is 1. The lowest BCUT2D eigenvalue weighted by Gasteiger charge is -2.28. The van der Waals surface area contributed by atoms with Gasteiger partial charge >= 0.3 is 0 Å². The number of hydrogen-bond donors (Lipinski definition) is 2. The minimum absolute atomic E-state index is 0. The van der Waals surface area contributed by atoms with Gasteiger partial charge in [-0.15, -0.1) is 12.4 Å². The fraction of sp³-hybridized carbons (Fsp3) is 0.929. The van der Waals surface area contributed by atoms with Crippen molar-refractivity contribution >= 4 is 18.3 Å². The second kappa shape index (κ2) is 9.55. The van der Waals surface area contributed by atoms with E-state index in [0.717, 1.165) is 25.9 Å². The van der Waals surface area contributed by atoms with E-state index in [9.17, 15) is 4.79 Å². The fourth-order valence-corrected chi connectivity index (χ4v) is 2.47. The highest BCUT2D eigenvalue weighted by Crippen LogP contribution is 2.25. The molecule has 2 unspecified atom stereocenters. The number of rotatable bonds is 8. The Kier molecular flexibility index (Phi) is 9.38. The Bertz CT molecular complexity index is 284. The Morgan fingerprint density at radius 2 is 2.25 bits per heavy atom. The summed E-state index contributed by atoms with van der Waals surface area (Å²) in [4.78, 5) is 14.6. The van der Waals surface area contributed by atoms with E-state index in [1.807, 2.05) is 0 Å². The molecule has 0 bridgehead atoms. The topological polar surface area (TPSA) is 53.6 Å². The van der Waals surface area contributed by atoms with Crippen LogP contribution in [-0.4, -0.2) is 63.8 Å². The van der Waals surface area contributed by atoms with Crippen molar-refractivity contribution < 1.29 is 9.53 Å². The summed E-state index contributed by atoms with van der Waals surface area (Å²) in [7, 11) is 3.76. The third-order valence-corrected chi connectivity index (χ3v) is 4.24. The molecule has 0 aromatic heterocycles. The van der Waals surface area contributed by atoms with Gasteiger partial charge in [-0.1, -0.05) is 6.92 Å². The Morgan fingerprint density at radius 3 is 2.75 bits per heavy atom. The molecule has 1 fully saturated rings. The lowest BCUT2D eigenvalue weighted by atomic mass is 9.87. The van der Waals surface area contributed by atoms with E-state index in [2.05, 4.69) is 36.4 Å². The predicted octanol–water partition coefficient (Wildman–Crippen LogP) is 0.881. The van der Waals surface area contributed by atoms with Crippen LogP contribution in [0.4, 0.5) is 0 Å². The number of likely N-dealkylation sites (N-methyl/N-ethyl adjacent to an activating group) is 1. The van der Waals surface area contributed by atoms with Crippen molar-refractivity contribution in [2.24, 2.45) is 5.41 Å². The summed E-state index contributed by atoms with van der Waals surface area (Å²) in [6, 6.07) is 0.554. The van der Waals surface area contributed by atoms with Crippen molar-refractivity contribution in [3.63, 3.8) is 0 Å². The van der Waals surface area contributed by atoms with Gasteiger partial charge in [0.1, 0.15) is 0 Å². The van der Waals surface area contributed by atoms with Crippen LogP contribution in [0.15, 0.2) is 0 Å². The van der Waals surface area contributed by atoms with Crippen LogP contribution in [0.1, 0.15) is 26.7 Å². The largest absolute Gasteiger partial charge is 0.384 e. The predicted molar refractivity (Wildman–Crippen MR) is 84.4 cm³/mol. The molecule has 1 saturated heterocycles. The van der Waals surface area contributed by atoms with Crippen LogP contribution >= 0.6 is 12.4 Å². The van der Waals surface area contributed by atoms with Crippen LogP contribution in [0.2, 0.25) is 0 Å². The first-order valence-corrected chi connectivity index (χ1v) is 7.24. The summed E-state index contributed by atoms with van der Waals surface area (Å²) in [5.41, 5.74) is -0.371. The standard InChI is InChI=1S/C14H29N3O2.ClH/c1-5-12(2)17(3)9-8-16-13(18)14(11-19-4)6-7-15-10-14;/h12,15H,5-11H2,1-4H3,(H,16,18);1H. The molecule has 1 heterocycles. The molecule has 2 atom stereocenters. The highest BCUT2D eigenvalue weighted by molar-refractivity contribution is 5.85. The van der Waals surface area contributed by atoms with E-state index in [1.165, 1.54) is 0 Å². The van der Waals surface area contributed by atoms with Crippen molar-refractivity contribution in [2.75, 3.05) is 46.9 Å². The summed E-state index contributed by atoms with van der Waals surface area (Å²) in [6.45, 7) is 8.07. The van der Waals surface area contributed by atoms with Crippen LogP contribution in [0.3, 0.4) is 0 Å². The average molecular weight is 308 g/mol. The molecule has 1 aliphatic heterocycles. The Balaban J connectivity index is 0.00000361. The zero-order chi connectivity index (χ0) is 14.3. The smallest absolute Gasteiger partial charge is 0.229 e. The molecule has 1 amide bonds. The van der Waals surface area contributed by atoms with E-state index in [0.29, 0.717) is 25.7 Å². The van der Waals surface area contributed by atoms with Gasteiger partial charge < -0.3 is 20.3 Å². The second-order valence-corrected chi connectivity index (χ2v) is 5.63. The van der Waals surface area contributed by atoms with E-state index in [-0.39, 0.29) is 23.7 Å². The number of halogens is 1. The number of hydrogen-bond acceptors (Lipinski definition) is 4. The molecule has 0 saturated carbocycles. The van der Waals surface area contributed by atoms with Crippen LogP contribution < -0.4 is 10.6 Å². The first-order chi connectivity index (χ1) is 9.05. The molecule has 0 spiro atoms. The lowest BCUT2D eigenvalue weighted by Crippen LogP contribution is -2.47. The number of amides is 1. The third kappa shape index (κ3) is 5.20. The van der Waals surface area contributed by atoms with Gasteiger partial charge in [0.25, 0.3) is 0 Å². The Morgan fingerprint density at radius 1 is 1.55 bits per heavy atom. The summed E-state index contributed by atoms with van der Waals surface area (Å²) in [5, 5.41) is 6.31. The lowest BCUT2D eigenvalue weighted by molar-refractivity contribution is -0.133. The molecule has 0 radical (unpaired) electrons. The second-order valence-electron chi connectivity index (χ2n) is 5.63. The van der Waals surface area contributed by atoms with Gasteiger partial charge in [0, 0.05) is 32.8 Å². The molecule has 5 nitrogen and oxygen atoms in total. The normalized spacial score (nSPS) is 23.4. The van der Waals surface area contributed by atoms with Crippen molar-refractivity contribution in [3.05, 3.63) is 0 Å². The van der Waals surface area contributed by atoms with Gasteiger partial charge in [0.2, 0.25) is 5.91 Å². The van der Waals surface area contributed by atoms with Crippen molar-refractivity contribution in [1.82, 2.24) is 15.5 Å². The highest BCUT2D eigenvalue weighted by atomic mass is 35.5. The molecule has 1 rings (SSSR count). The molecule has 1 aliphatic rings. The van der Waals surface area contributed by atoms with Crippen molar-refractivity contribution in [2.45, 2.75) is 32.7 Å². The quantitative estimate of drug-likeness (QED) is 0.699. The molecule has 0 aromatic rings. The monoisotopic (exact) mass is 307 g/mol. The van der Waals surface area contributed by atoms with E-state index in [4.69, 9.17) is 4.74 Å². The number of methoxy groups -OCH3 is 1. The van der Waals surface area contributed by atoms with Crippen molar-refractivity contribution in [3.8, 4) is 0 Å². The fourth-order valence-electron chi connectivity index (χ4n) is 2.47. The maximum absolute atomic E-state index is 12.3. The highest BCUT2D eigenvalue weighted by Gasteiger charge is 2.41. The molecule has 2 N–H and O–H groups in total. The maximum atomic E-state index is 12.3. The third-order valence-electron chi connectivity index (χ3n) is 4.24. The Hall–Kier alpha value is -0.360. The summed E-state index contributed by atoms with van der Waals surface area (Å²) in [5.74, 6) is 0.122. The minimum atomic E-state index is -0.371. The van der Waals surface area contributed by atoms with Crippen molar-refractivity contribution in [1.29, 1.82) is 0 Å². The summed E-state index contributed by atoms with van der Waals surface area (Å²) in [6.07, 6.45) is 1.98. The Labute approximate surface area is 129 Å².